The molecule has 0 bridgehead atoms. The molecule has 1 saturated carbocycles. The van der Waals surface area contributed by atoms with Crippen molar-refractivity contribution >= 4 is 21.6 Å². The molecule has 11 heteroatoms. The van der Waals surface area contributed by atoms with Gasteiger partial charge >= 0.3 is 6.18 Å². The van der Waals surface area contributed by atoms with E-state index in [1.54, 1.807) is 6.07 Å². The molecule has 0 spiro atoms. The van der Waals surface area contributed by atoms with E-state index in [-0.39, 0.29) is 17.1 Å². The molecule has 6 nitrogen and oxygen atoms in total. The van der Waals surface area contributed by atoms with E-state index in [2.05, 4.69) is 9.62 Å². The average Bonchev–Trinajstić information content (AvgIpc) is 3.45. The van der Waals surface area contributed by atoms with E-state index in [1.165, 1.54) is 12.1 Å². The lowest BCUT2D eigenvalue weighted by atomic mass is 10.0. The summed E-state index contributed by atoms with van der Waals surface area (Å²) in [5.41, 5.74) is -0.108. The Morgan fingerprint density at radius 3 is 2.21 bits per heavy atom. The van der Waals surface area contributed by atoms with Gasteiger partial charge in [0.05, 0.1) is 21.7 Å². The molecular formula is C28H27F4N3O3S. The van der Waals surface area contributed by atoms with Gasteiger partial charge in [0.1, 0.15) is 11.6 Å². The lowest BCUT2D eigenvalue weighted by molar-refractivity contribution is -0.137. The van der Waals surface area contributed by atoms with Crippen LogP contribution in [0.4, 0.5) is 23.4 Å². The van der Waals surface area contributed by atoms with Crippen LogP contribution in [-0.4, -0.2) is 37.8 Å². The maximum absolute atomic E-state index is 13.2. The zero-order valence-corrected chi connectivity index (χ0v) is 21.8. The first kappa shape index (κ1) is 27.3. The highest BCUT2D eigenvalue weighted by atomic mass is 32.2. The number of ketones is 1. The van der Waals surface area contributed by atoms with Gasteiger partial charge in [-0.3, -0.25) is 4.79 Å². The van der Waals surface area contributed by atoms with Gasteiger partial charge in [-0.05, 0) is 86.2 Å². The Bertz CT molecular complexity index is 1460. The Hall–Kier alpha value is -3.31. The molecule has 2 heterocycles. The third-order valence-corrected chi connectivity index (χ3v) is 8.74. The van der Waals surface area contributed by atoms with Gasteiger partial charge in [-0.1, -0.05) is 12.1 Å². The number of rotatable bonds is 9. The highest BCUT2D eigenvalue weighted by molar-refractivity contribution is 7.89. The van der Waals surface area contributed by atoms with E-state index in [1.807, 2.05) is 6.07 Å². The van der Waals surface area contributed by atoms with E-state index in [9.17, 15) is 30.8 Å². The van der Waals surface area contributed by atoms with E-state index < -0.39 is 33.1 Å². The highest BCUT2D eigenvalue weighted by Gasteiger charge is 2.51. The van der Waals surface area contributed by atoms with E-state index in [0.717, 1.165) is 67.9 Å². The SMILES string of the molecule is O=C(CCc1cc(-c2ccc(C(F)(F)F)cc2)nc(N2CCCC2)c1)C1(NS(=O)(=O)c2ccc(F)cc2)CC1. The Kier molecular flexibility index (Phi) is 7.23. The number of aryl methyl sites for hydroxylation is 1. The van der Waals surface area contributed by atoms with Crippen LogP contribution in [0.15, 0.2) is 65.6 Å². The first-order valence-electron chi connectivity index (χ1n) is 12.7. The summed E-state index contributed by atoms with van der Waals surface area (Å²) in [6.07, 6.45) is -1.28. The summed E-state index contributed by atoms with van der Waals surface area (Å²) in [6, 6.07) is 12.9. The number of carbonyl (C=O) groups excluding carboxylic acids is 1. The minimum absolute atomic E-state index is 0.0713. The van der Waals surface area contributed by atoms with E-state index >= 15 is 0 Å². The van der Waals surface area contributed by atoms with Crippen molar-refractivity contribution < 1.29 is 30.8 Å². The van der Waals surface area contributed by atoms with Crippen LogP contribution >= 0.6 is 0 Å². The molecule has 0 atom stereocenters. The highest BCUT2D eigenvalue weighted by Crippen LogP contribution is 2.39. The quantitative estimate of drug-likeness (QED) is 0.348. The van der Waals surface area contributed by atoms with Gasteiger partial charge in [0, 0.05) is 25.1 Å². The molecule has 2 aromatic carbocycles. The number of hydrogen-bond donors (Lipinski definition) is 1. The largest absolute Gasteiger partial charge is 0.416 e. The van der Waals surface area contributed by atoms with Crippen molar-refractivity contribution in [2.24, 2.45) is 0 Å². The van der Waals surface area contributed by atoms with Crippen molar-refractivity contribution in [2.45, 2.75) is 55.1 Å². The monoisotopic (exact) mass is 561 g/mol. The molecule has 1 N–H and O–H groups in total. The maximum atomic E-state index is 13.2. The molecule has 1 saturated heterocycles. The number of Topliss-reactive ketones (excluding diaryl/α,β-unsaturated/α-hetero) is 1. The van der Waals surface area contributed by atoms with Gasteiger partial charge in [0.2, 0.25) is 10.0 Å². The lowest BCUT2D eigenvalue weighted by Crippen LogP contribution is -2.43. The zero-order chi connectivity index (χ0) is 27.8. The molecule has 0 radical (unpaired) electrons. The Labute approximate surface area is 224 Å². The average molecular weight is 562 g/mol. The smallest absolute Gasteiger partial charge is 0.357 e. The molecule has 2 aliphatic rings. The van der Waals surface area contributed by atoms with Crippen molar-refractivity contribution in [3.63, 3.8) is 0 Å². The number of nitrogens with one attached hydrogen (secondary N) is 1. The fourth-order valence-corrected chi connectivity index (χ4v) is 6.24. The van der Waals surface area contributed by atoms with Crippen molar-refractivity contribution in [2.75, 3.05) is 18.0 Å². The van der Waals surface area contributed by atoms with Crippen molar-refractivity contribution in [1.82, 2.24) is 9.71 Å². The summed E-state index contributed by atoms with van der Waals surface area (Å²) in [7, 11) is -4.01. The Morgan fingerprint density at radius 2 is 1.62 bits per heavy atom. The fraction of sp³-hybridized carbons (Fsp3) is 0.357. The third kappa shape index (κ3) is 6.14. The van der Waals surface area contributed by atoms with E-state index in [4.69, 9.17) is 4.98 Å². The number of hydrogen-bond acceptors (Lipinski definition) is 5. The second-order valence-electron chi connectivity index (χ2n) is 10.1. The van der Waals surface area contributed by atoms with Crippen LogP contribution in [0.2, 0.25) is 0 Å². The number of sulfonamides is 1. The Morgan fingerprint density at radius 1 is 0.974 bits per heavy atom. The molecular weight excluding hydrogens is 534 g/mol. The molecule has 5 rings (SSSR count). The molecule has 1 aliphatic carbocycles. The summed E-state index contributed by atoms with van der Waals surface area (Å²) in [5, 5.41) is 0. The molecule has 0 unspecified atom stereocenters. The number of aromatic nitrogens is 1. The van der Waals surface area contributed by atoms with Crippen LogP contribution in [0.5, 0.6) is 0 Å². The van der Waals surface area contributed by atoms with Crippen molar-refractivity contribution in [3.05, 3.63) is 77.6 Å². The number of alkyl halides is 3. The first-order valence-corrected chi connectivity index (χ1v) is 14.2. The minimum Gasteiger partial charge on any atom is -0.357 e. The van der Waals surface area contributed by atoms with Gasteiger partial charge in [-0.2, -0.15) is 17.9 Å². The van der Waals surface area contributed by atoms with Crippen LogP contribution in [0, 0.1) is 5.82 Å². The number of benzene rings is 2. The summed E-state index contributed by atoms with van der Waals surface area (Å²) in [5.74, 6) is -0.109. The maximum Gasteiger partial charge on any atom is 0.416 e. The molecule has 1 aliphatic heterocycles. The fourth-order valence-electron chi connectivity index (χ4n) is 4.79. The van der Waals surface area contributed by atoms with Crippen LogP contribution in [-0.2, 0) is 27.4 Å². The van der Waals surface area contributed by atoms with Crippen molar-refractivity contribution in [3.8, 4) is 11.3 Å². The van der Waals surface area contributed by atoms with Crippen LogP contribution in [0.3, 0.4) is 0 Å². The van der Waals surface area contributed by atoms with Crippen LogP contribution < -0.4 is 9.62 Å². The van der Waals surface area contributed by atoms with Crippen molar-refractivity contribution in [1.29, 1.82) is 0 Å². The second kappa shape index (κ2) is 10.3. The second-order valence-corrected chi connectivity index (χ2v) is 11.7. The lowest BCUT2D eigenvalue weighted by Gasteiger charge is -2.20. The van der Waals surface area contributed by atoms with Crippen LogP contribution in [0.25, 0.3) is 11.3 Å². The van der Waals surface area contributed by atoms with Gasteiger partial charge in [0.15, 0.2) is 5.78 Å². The number of carbonyl (C=O) groups is 1. The molecule has 3 aromatic rings. The van der Waals surface area contributed by atoms with Gasteiger partial charge in [0.25, 0.3) is 0 Å². The number of halogens is 4. The number of anilines is 1. The summed E-state index contributed by atoms with van der Waals surface area (Å²) < 4.78 is 80.4. The summed E-state index contributed by atoms with van der Waals surface area (Å²) >= 11 is 0. The normalized spacial score (nSPS) is 16.9. The number of nitrogens with zero attached hydrogens (tertiary/aromatic N) is 2. The zero-order valence-electron chi connectivity index (χ0n) is 21.0. The van der Waals surface area contributed by atoms with Crippen LogP contribution in [0.1, 0.15) is 43.2 Å². The van der Waals surface area contributed by atoms with Gasteiger partial charge in [-0.25, -0.2) is 17.8 Å². The summed E-state index contributed by atoms with van der Waals surface area (Å²) in [4.78, 5) is 19.9. The molecule has 0 amide bonds. The molecule has 206 valence electrons. The molecule has 2 fully saturated rings. The van der Waals surface area contributed by atoms with Gasteiger partial charge in [-0.15, -0.1) is 0 Å². The predicted molar refractivity (Wildman–Crippen MR) is 138 cm³/mol. The third-order valence-electron chi connectivity index (χ3n) is 7.19. The standard InChI is InChI=1S/C28H27F4N3O3S/c29-22-8-10-23(11-9-22)39(37,38)34-27(13-14-27)25(36)12-3-19-17-24(33-26(18-19)35-15-1-2-16-35)20-4-6-21(7-5-20)28(30,31)32/h4-11,17-18,34H,1-3,12-16H2. The Balaban J connectivity index is 1.34. The first-order chi connectivity index (χ1) is 18.5. The minimum atomic E-state index is -4.44. The van der Waals surface area contributed by atoms with Gasteiger partial charge < -0.3 is 4.90 Å². The number of pyridine rings is 1. The summed E-state index contributed by atoms with van der Waals surface area (Å²) in [6.45, 7) is 1.63. The van der Waals surface area contributed by atoms with E-state index in [0.29, 0.717) is 36.3 Å². The molecule has 1 aromatic heterocycles. The predicted octanol–water partition coefficient (Wildman–Crippen LogP) is 5.52. The topological polar surface area (TPSA) is 79.4 Å². The molecule has 39 heavy (non-hydrogen) atoms.